The van der Waals surface area contributed by atoms with E-state index in [1.807, 2.05) is 60.7 Å². The van der Waals surface area contributed by atoms with Crippen molar-refractivity contribution in [1.82, 2.24) is 4.98 Å². The average molecular weight is 340 g/mol. The van der Waals surface area contributed by atoms with Gasteiger partial charge in [-0.25, -0.2) is 0 Å². The molecule has 0 saturated heterocycles. The Balaban J connectivity index is 1.98. The lowest BCUT2D eigenvalue weighted by Gasteiger charge is -2.10. The van der Waals surface area contributed by atoms with Crippen molar-refractivity contribution in [3.8, 4) is 11.1 Å². The number of carbonyl (C=O) groups excluding carboxylic acids is 1. The van der Waals surface area contributed by atoms with Crippen LogP contribution in [0, 0.1) is 0 Å². The largest absolute Gasteiger partial charge is 0.370 e. The topological polar surface area (TPSA) is 94.4 Å². The van der Waals surface area contributed by atoms with E-state index < -0.39 is 5.91 Å². The van der Waals surface area contributed by atoms with E-state index in [9.17, 15) is 4.79 Å². The molecule has 26 heavy (non-hydrogen) atoms. The van der Waals surface area contributed by atoms with E-state index in [0.29, 0.717) is 5.56 Å². The Labute approximate surface area is 150 Å². The molecule has 1 aromatic heterocycles. The van der Waals surface area contributed by atoms with Crippen molar-refractivity contribution in [2.24, 2.45) is 16.5 Å². The predicted octanol–water partition coefficient (Wildman–Crippen LogP) is 3.47. The van der Waals surface area contributed by atoms with E-state index >= 15 is 0 Å². The number of para-hydroxylation sites is 1. The molecule has 0 aliphatic carbocycles. The van der Waals surface area contributed by atoms with Crippen molar-refractivity contribution >= 4 is 33.5 Å². The van der Waals surface area contributed by atoms with E-state index in [1.54, 1.807) is 12.3 Å². The Hall–Kier alpha value is -3.73. The van der Waals surface area contributed by atoms with E-state index in [1.165, 1.54) is 0 Å². The Morgan fingerprint density at radius 2 is 1.65 bits per heavy atom. The Morgan fingerprint density at radius 3 is 2.50 bits per heavy atom. The molecule has 0 atom stereocenters. The molecule has 0 fully saturated rings. The summed E-state index contributed by atoms with van der Waals surface area (Å²) in [7, 11) is 0. The summed E-state index contributed by atoms with van der Waals surface area (Å²) < 4.78 is 0. The third-order valence-electron chi connectivity index (χ3n) is 4.30. The second kappa shape index (κ2) is 6.29. The third-order valence-corrected chi connectivity index (χ3v) is 4.30. The zero-order valence-corrected chi connectivity index (χ0v) is 13.9. The van der Waals surface area contributed by atoms with Crippen LogP contribution in [0.15, 0.2) is 77.9 Å². The number of fused-ring (bicyclic) bond motifs is 2. The zero-order valence-electron chi connectivity index (χ0n) is 13.9. The van der Waals surface area contributed by atoms with Crippen molar-refractivity contribution in [3.05, 3.63) is 78.5 Å². The average Bonchev–Trinajstić information content (AvgIpc) is 2.66. The summed E-state index contributed by atoms with van der Waals surface area (Å²) in [5.41, 5.74) is 14.1. The molecule has 0 radical (unpaired) electrons. The molecule has 0 spiro atoms. The summed E-state index contributed by atoms with van der Waals surface area (Å²) in [6.07, 6.45) is 1.80. The van der Waals surface area contributed by atoms with Crippen molar-refractivity contribution in [3.63, 3.8) is 0 Å². The molecule has 0 bridgehead atoms. The fourth-order valence-corrected chi connectivity index (χ4v) is 3.15. The fourth-order valence-electron chi connectivity index (χ4n) is 3.15. The monoisotopic (exact) mass is 340 g/mol. The Morgan fingerprint density at radius 1 is 0.846 bits per heavy atom. The number of benzene rings is 3. The van der Waals surface area contributed by atoms with Gasteiger partial charge >= 0.3 is 0 Å². The normalized spacial score (nSPS) is 10.8. The molecular formula is C21H16N4O. The van der Waals surface area contributed by atoms with E-state index in [-0.39, 0.29) is 5.96 Å². The molecule has 1 amide bonds. The molecule has 126 valence electrons. The molecule has 3 aromatic carbocycles. The predicted molar refractivity (Wildman–Crippen MR) is 105 cm³/mol. The third kappa shape index (κ3) is 2.75. The highest BCUT2D eigenvalue weighted by molar-refractivity contribution is 6.08. The van der Waals surface area contributed by atoms with Crippen LogP contribution in [0.5, 0.6) is 0 Å². The van der Waals surface area contributed by atoms with E-state index in [4.69, 9.17) is 11.5 Å². The van der Waals surface area contributed by atoms with Gasteiger partial charge in [0.1, 0.15) is 0 Å². The molecule has 0 aliphatic heterocycles. The summed E-state index contributed by atoms with van der Waals surface area (Å²) in [6, 6.07) is 21.5. The number of nitrogens with two attached hydrogens (primary N) is 2. The summed E-state index contributed by atoms with van der Waals surface area (Å²) >= 11 is 0. The van der Waals surface area contributed by atoms with Gasteiger partial charge < -0.3 is 11.5 Å². The van der Waals surface area contributed by atoms with Crippen LogP contribution < -0.4 is 11.5 Å². The van der Waals surface area contributed by atoms with Crippen LogP contribution in [0.1, 0.15) is 10.4 Å². The number of pyridine rings is 1. The van der Waals surface area contributed by atoms with Gasteiger partial charge in [0.25, 0.3) is 5.91 Å². The lowest BCUT2D eigenvalue weighted by atomic mass is 9.94. The van der Waals surface area contributed by atoms with Crippen molar-refractivity contribution in [2.75, 3.05) is 0 Å². The van der Waals surface area contributed by atoms with Gasteiger partial charge in [-0.3, -0.25) is 9.78 Å². The maximum Gasteiger partial charge on any atom is 0.280 e. The number of amides is 1. The van der Waals surface area contributed by atoms with Crippen molar-refractivity contribution < 1.29 is 4.79 Å². The maximum atomic E-state index is 12.2. The van der Waals surface area contributed by atoms with Crippen LogP contribution in [0.25, 0.3) is 32.8 Å². The summed E-state index contributed by atoms with van der Waals surface area (Å²) in [6.45, 7) is 0. The van der Waals surface area contributed by atoms with Crippen LogP contribution in [-0.2, 0) is 0 Å². The fraction of sp³-hybridized carbons (Fsp3) is 0. The number of guanidine groups is 1. The van der Waals surface area contributed by atoms with Crippen LogP contribution in [0.3, 0.4) is 0 Å². The van der Waals surface area contributed by atoms with Crippen LogP contribution in [-0.4, -0.2) is 16.9 Å². The van der Waals surface area contributed by atoms with Crippen molar-refractivity contribution in [2.45, 2.75) is 0 Å². The van der Waals surface area contributed by atoms with Gasteiger partial charge in [0.15, 0.2) is 5.96 Å². The molecular weight excluding hydrogens is 324 g/mol. The second-order valence-corrected chi connectivity index (χ2v) is 5.96. The van der Waals surface area contributed by atoms with Gasteiger partial charge in [-0.2, -0.15) is 4.99 Å². The first-order valence-electron chi connectivity index (χ1n) is 8.14. The standard InChI is InChI=1S/C21H16N4O/c22-21(23)25-20(26)14-9-8-13-4-3-6-15(18(13)12-14)16-10-11-24-19-7-2-1-5-17(16)19/h1-12H,(H4,22,23,25,26). The summed E-state index contributed by atoms with van der Waals surface area (Å²) in [5.74, 6) is -0.704. The molecule has 4 N–H and O–H groups in total. The van der Waals surface area contributed by atoms with Gasteiger partial charge in [-0.15, -0.1) is 0 Å². The highest BCUT2D eigenvalue weighted by Crippen LogP contribution is 2.33. The summed E-state index contributed by atoms with van der Waals surface area (Å²) in [4.78, 5) is 20.3. The quantitative estimate of drug-likeness (QED) is 0.431. The minimum atomic E-state index is -0.457. The van der Waals surface area contributed by atoms with Crippen molar-refractivity contribution in [1.29, 1.82) is 0 Å². The van der Waals surface area contributed by atoms with Crippen LogP contribution in [0.2, 0.25) is 0 Å². The Kier molecular flexibility index (Phi) is 3.82. The first-order valence-corrected chi connectivity index (χ1v) is 8.14. The second-order valence-electron chi connectivity index (χ2n) is 5.96. The molecule has 4 aromatic rings. The van der Waals surface area contributed by atoms with E-state index in [2.05, 4.69) is 9.98 Å². The number of carbonyl (C=O) groups is 1. The van der Waals surface area contributed by atoms with Crippen LogP contribution >= 0.6 is 0 Å². The molecule has 0 aliphatic rings. The number of aliphatic imine (C=N–C) groups is 1. The molecule has 0 saturated carbocycles. The summed E-state index contributed by atoms with van der Waals surface area (Å²) in [5, 5.41) is 3.05. The number of hydrogen-bond donors (Lipinski definition) is 2. The number of rotatable bonds is 2. The van der Waals surface area contributed by atoms with Gasteiger partial charge in [0, 0.05) is 17.1 Å². The van der Waals surface area contributed by atoms with Gasteiger partial charge in [0.2, 0.25) is 0 Å². The molecule has 5 nitrogen and oxygen atoms in total. The van der Waals surface area contributed by atoms with Gasteiger partial charge in [-0.05, 0) is 46.2 Å². The molecule has 1 heterocycles. The molecule has 5 heteroatoms. The Bertz CT molecular complexity index is 1170. The smallest absolute Gasteiger partial charge is 0.280 e. The SMILES string of the molecule is NC(N)=NC(=O)c1ccc2cccc(-c3ccnc4ccccc34)c2c1. The lowest BCUT2D eigenvalue weighted by molar-refractivity contribution is 0.100. The minimum Gasteiger partial charge on any atom is -0.370 e. The first kappa shape index (κ1) is 15.8. The lowest BCUT2D eigenvalue weighted by Crippen LogP contribution is -2.24. The highest BCUT2D eigenvalue weighted by atomic mass is 16.1. The van der Waals surface area contributed by atoms with E-state index in [0.717, 1.165) is 32.8 Å². The molecule has 0 unspecified atom stereocenters. The van der Waals surface area contributed by atoms with Crippen LogP contribution in [0.4, 0.5) is 0 Å². The minimum absolute atomic E-state index is 0.247. The maximum absolute atomic E-state index is 12.2. The van der Waals surface area contributed by atoms with Gasteiger partial charge in [-0.1, -0.05) is 42.5 Å². The number of nitrogens with zero attached hydrogens (tertiary/aromatic N) is 2. The number of aromatic nitrogens is 1. The van der Waals surface area contributed by atoms with Gasteiger partial charge in [0.05, 0.1) is 5.52 Å². The first-order chi connectivity index (χ1) is 12.6. The molecule has 4 rings (SSSR count). The zero-order chi connectivity index (χ0) is 18.1. The highest BCUT2D eigenvalue weighted by Gasteiger charge is 2.11. The number of hydrogen-bond acceptors (Lipinski definition) is 2.